The van der Waals surface area contributed by atoms with Gasteiger partial charge in [-0.05, 0) is 50.1 Å². The summed E-state index contributed by atoms with van der Waals surface area (Å²) in [6.45, 7) is -3.14. The van der Waals surface area contributed by atoms with Crippen LogP contribution in [0.2, 0.25) is 0 Å². The predicted octanol–water partition coefficient (Wildman–Crippen LogP) is -9.60. The lowest BCUT2D eigenvalue weighted by Gasteiger charge is -2.43. The Morgan fingerprint density at radius 3 is 1.19 bits per heavy atom. The molecule has 4 saturated heterocycles. The second-order valence-electron chi connectivity index (χ2n) is 17.7. The molecule has 1 aliphatic carbocycles. The number of rotatable bonds is 16. The van der Waals surface area contributed by atoms with Crippen LogP contribution < -0.4 is 21.3 Å². The fourth-order valence-electron chi connectivity index (χ4n) is 8.99. The van der Waals surface area contributed by atoms with Gasteiger partial charge in [0.05, 0.1) is 52.0 Å². The van der Waals surface area contributed by atoms with E-state index in [1.807, 2.05) is 0 Å². The van der Waals surface area contributed by atoms with E-state index in [0.717, 1.165) is 0 Å². The Hall–Kier alpha value is -3.14. The summed E-state index contributed by atoms with van der Waals surface area (Å²) < 4.78 is 35.8. The van der Waals surface area contributed by atoms with Crippen molar-refractivity contribution in [2.24, 2.45) is 0 Å². The standard InChI is InChI=1S/C38H62N10O20S2/c49-7-17-21(47-5-15(43-45-47)11-63-35-31(61)27(57)23(53)19(9-51)67-35)25(55)29(59)33(65-17)41-37(69)39-13-1-2-14(4-3-13)40-38(70)42-34-30(60)26(56)22(18(8-50)66-34)48-6-16(44-46-48)12-64-36-32(62)28(58)24(54)20(10-52)68-36/h5-6,13-14,17-36,49-62H,1-4,7-12H2,(H2,39,41,69)(H2,40,42,70)/t13?,14?,17-,18-,19-,20-,21-,22-,23-,24-,25+,26+,27+,28+,29-,30-,31-,32-,33-,34-,35-,36-/m1/s1. The zero-order valence-electron chi connectivity index (χ0n) is 37.1. The van der Waals surface area contributed by atoms with E-state index in [0.29, 0.717) is 25.7 Å². The van der Waals surface area contributed by atoms with Crippen LogP contribution in [0.3, 0.4) is 0 Å². The minimum absolute atomic E-state index is 0.107. The van der Waals surface area contributed by atoms with Gasteiger partial charge in [-0.25, -0.2) is 9.36 Å². The Labute approximate surface area is 408 Å². The molecule has 20 atom stereocenters. The fourth-order valence-corrected chi connectivity index (χ4v) is 9.55. The molecule has 1 saturated carbocycles. The van der Waals surface area contributed by atoms with Gasteiger partial charge < -0.3 is 121 Å². The van der Waals surface area contributed by atoms with E-state index < -0.39 is 149 Å². The van der Waals surface area contributed by atoms with Gasteiger partial charge in [-0.15, -0.1) is 10.2 Å². The van der Waals surface area contributed by atoms with E-state index in [1.165, 1.54) is 21.8 Å². The summed E-state index contributed by atoms with van der Waals surface area (Å²) in [5.41, 5.74) is 0.329. The number of hydrogen-bond acceptors (Lipinski definition) is 26. The first-order chi connectivity index (χ1) is 33.5. The zero-order valence-corrected chi connectivity index (χ0v) is 38.8. The highest BCUT2D eigenvalue weighted by Gasteiger charge is 2.49. The molecule has 30 nitrogen and oxygen atoms in total. The van der Waals surface area contributed by atoms with Crippen LogP contribution in [0.4, 0.5) is 0 Å². The number of ether oxygens (including phenoxy) is 6. The number of aromatic nitrogens is 6. The van der Waals surface area contributed by atoms with Crippen LogP contribution >= 0.6 is 24.4 Å². The zero-order chi connectivity index (χ0) is 50.6. The van der Waals surface area contributed by atoms with Gasteiger partial charge in [-0.1, -0.05) is 10.4 Å². The second-order valence-corrected chi connectivity index (χ2v) is 18.5. The number of thiocarbonyl (C=S) groups is 2. The van der Waals surface area contributed by atoms with E-state index in [-0.39, 0.29) is 46.9 Å². The third-order valence-corrected chi connectivity index (χ3v) is 13.4. The third-order valence-electron chi connectivity index (χ3n) is 12.9. The minimum Gasteiger partial charge on any atom is -0.394 e. The average Bonchev–Trinajstić information content (AvgIpc) is 4.03. The first-order valence-electron chi connectivity index (χ1n) is 22.5. The predicted molar refractivity (Wildman–Crippen MR) is 235 cm³/mol. The molecule has 18 N–H and O–H groups in total. The maximum absolute atomic E-state index is 11.2. The van der Waals surface area contributed by atoms with Crippen LogP contribution in [0.5, 0.6) is 0 Å². The van der Waals surface area contributed by atoms with Gasteiger partial charge in [0.15, 0.2) is 35.3 Å². The Balaban J connectivity index is 0.828. The van der Waals surface area contributed by atoms with Gasteiger partial charge in [0.25, 0.3) is 0 Å². The lowest BCUT2D eigenvalue weighted by atomic mass is 9.91. The average molecular weight is 1040 g/mol. The molecule has 2 aromatic rings. The molecule has 6 heterocycles. The summed E-state index contributed by atoms with van der Waals surface area (Å²) >= 11 is 11.0. The molecule has 0 unspecified atom stereocenters. The summed E-state index contributed by atoms with van der Waals surface area (Å²) in [7, 11) is 0. The van der Waals surface area contributed by atoms with E-state index in [9.17, 15) is 71.5 Å². The SMILES string of the molecule is OC[C@H]1O[C@@H](OCc2cn([C@H]3[C@H](O)[C@@H](O)[C@H](NC(=S)NC4CCC(NC(=S)N[C@@H]5O[C@H](CO)[C@@H](n6cc(CO[C@@H]7O[C@H](CO)[C@@H](O)[C@H](O)[C@H]7O)nn6)[C@H](O)[C@H]5O)CC4)O[C@@H]3CO)nn2)[C@H](O)[C@@H](O)[C@@H]1O. The number of nitrogens with one attached hydrogen (secondary N) is 4. The molecule has 70 heavy (non-hydrogen) atoms. The van der Waals surface area contributed by atoms with Crippen molar-refractivity contribution < 1.29 is 99.9 Å². The molecule has 2 aromatic heterocycles. The van der Waals surface area contributed by atoms with E-state index in [2.05, 4.69) is 41.9 Å². The van der Waals surface area contributed by atoms with Crippen LogP contribution in [0.25, 0.3) is 0 Å². The summed E-state index contributed by atoms with van der Waals surface area (Å²) in [4.78, 5) is 0. The Kier molecular flexibility index (Phi) is 18.9. The molecule has 0 aromatic carbocycles. The first-order valence-corrected chi connectivity index (χ1v) is 23.3. The van der Waals surface area contributed by atoms with Crippen LogP contribution in [0.1, 0.15) is 49.2 Å². The lowest BCUT2D eigenvalue weighted by Crippen LogP contribution is -2.63. The molecule has 5 aliphatic rings. The fraction of sp³-hybridized carbons (Fsp3) is 0.842. The Morgan fingerprint density at radius 1 is 0.486 bits per heavy atom. The van der Waals surface area contributed by atoms with Crippen molar-refractivity contribution in [3.63, 3.8) is 0 Å². The van der Waals surface area contributed by atoms with Crippen molar-refractivity contribution in [3.05, 3.63) is 23.8 Å². The van der Waals surface area contributed by atoms with Crippen molar-refractivity contribution in [1.29, 1.82) is 0 Å². The highest BCUT2D eigenvalue weighted by molar-refractivity contribution is 7.80. The molecule has 396 valence electrons. The molecular weight excluding hydrogens is 981 g/mol. The van der Waals surface area contributed by atoms with Crippen molar-refractivity contribution in [3.8, 4) is 0 Å². The summed E-state index contributed by atoms with van der Waals surface area (Å²) in [5.74, 6) is 0. The van der Waals surface area contributed by atoms with Crippen molar-refractivity contribution >= 4 is 34.7 Å². The van der Waals surface area contributed by atoms with E-state index >= 15 is 0 Å². The van der Waals surface area contributed by atoms with Gasteiger partial charge in [-0.2, -0.15) is 0 Å². The van der Waals surface area contributed by atoms with Crippen molar-refractivity contribution in [1.82, 2.24) is 51.3 Å². The Morgan fingerprint density at radius 2 is 0.843 bits per heavy atom. The van der Waals surface area contributed by atoms with Gasteiger partial charge >= 0.3 is 0 Å². The number of hydrogen-bond donors (Lipinski definition) is 18. The topological polar surface area (TPSA) is 448 Å². The van der Waals surface area contributed by atoms with Gasteiger partial charge in [0.1, 0.15) is 109 Å². The van der Waals surface area contributed by atoms with Crippen LogP contribution in [0.15, 0.2) is 12.4 Å². The highest BCUT2D eigenvalue weighted by atomic mass is 32.1. The van der Waals surface area contributed by atoms with Crippen LogP contribution in [0, 0.1) is 0 Å². The molecule has 0 amide bonds. The van der Waals surface area contributed by atoms with Crippen molar-refractivity contribution in [2.45, 2.75) is 174 Å². The quantitative estimate of drug-likeness (QED) is 0.0694. The first kappa shape index (κ1) is 54.6. The van der Waals surface area contributed by atoms with Gasteiger partial charge in [0, 0.05) is 12.1 Å². The minimum atomic E-state index is -1.65. The number of aliphatic hydroxyl groups is 14. The normalized spacial score (nSPS) is 41.4. The lowest BCUT2D eigenvalue weighted by molar-refractivity contribution is -0.304. The Bertz CT molecular complexity index is 1850. The molecule has 32 heteroatoms. The number of nitrogens with zero attached hydrogens (tertiary/aromatic N) is 6. The number of aliphatic hydroxyl groups excluding tert-OH is 14. The van der Waals surface area contributed by atoms with Gasteiger partial charge in [-0.3, -0.25) is 0 Å². The van der Waals surface area contributed by atoms with E-state index in [4.69, 9.17) is 52.9 Å². The highest BCUT2D eigenvalue weighted by Crippen LogP contribution is 2.32. The van der Waals surface area contributed by atoms with Crippen LogP contribution in [-0.2, 0) is 41.6 Å². The van der Waals surface area contributed by atoms with Gasteiger partial charge in [0.2, 0.25) is 0 Å². The molecule has 4 aliphatic heterocycles. The molecule has 5 fully saturated rings. The summed E-state index contributed by atoms with van der Waals surface area (Å²) in [6.07, 6.45) is -20.8. The summed E-state index contributed by atoms with van der Waals surface area (Å²) in [5, 5.41) is 173. The third kappa shape index (κ3) is 12.3. The summed E-state index contributed by atoms with van der Waals surface area (Å²) in [6, 6.07) is -2.49. The van der Waals surface area contributed by atoms with E-state index in [1.54, 1.807) is 0 Å². The molecule has 7 rings (SSSR count). The van der Waals surface area contributed by atoms with Crippen LogP contribution in [-0.4, -0.2) is 261 Å². The van der Waals surface area contributed by atoms with Crippen molar-refractivity contribution in [2.75, 3.05) is 26.4 Å². The smallest absolute Gasteiger partial charge is 0.187 e. The maximum Gasteiger partial charge on any atom is 0.187 e. The maximum atomic E-state index is 11.2. The molecule has 0 spiro atoms. The molecule has 0 bridgehead atoms. The molecule has 0 radical (unpaired) electrons. The molecular formula is C38H62N10O20S2. The largest absolute Gasteiger partial charge is 0.394 e. The monoisotopic (exact) mass is 1040 g/mol. The second kappa shape index (κ2) is 24.3.